The van der Waals surface area contributed by atoms with Gasteiger partial charge in [0.05, 0.1) is 0 Å². The van der Waals surface area contributed by atoms with Crippen LogP contribution in [0.5, 0.6) is 0 Å². The van der Waals surface area contributed by atoms with Crippen LogP contribution in [0.15, 0.2) is 24.3 Å². The monoisotopic (exact) mass is 222 g/mol. The molecule has 0 aliphatic heterocycles. The van der Waals surface area contributed by atoms with Crippen LogP contribution in [0.1, 0.15) is 45.1 Å². The summed E-state index contributed by atoms with van der Waals surface area (Å²) in [6.45, 7) is 4.61. The molecule has 0 saturated heterocycles. The summed E-state index contributed by atoms with van der Waals surface area (Å²) < 4.78 is 0. The topological polar surface area (TPSA) is 0 Å². The Labute approximate surface area is 97.6 Å². The highest BCUT2D eigenvalue weighted by atomic mass is 35.5. The number of rotatable bonds is 4. The third-order valence-corrected chi connectivity index (χ3v) is 3.76. The van der Waals surface area contributed by atoms with Gasteiger partial charge in [0.15, 0.2) is 0 Å². The average Bonchev–Trinajstić information content (AvgIpc) is 2.97. The van der Waals surface area contributed by atoms with Crippen molar-refractivity contribution in [1.82, 2.24) is 0 Å². The van der Waals surface area contributed by atoms with Gasteiger partial charge < -0.3 is 0 Å². The molecule has 1 fully saturated rings. The van der Waals surface area contributed by atoms with Gasteiger partial charge in [-0.1, -0.05) is 44.0 Å². The van der Waals surface area contributed by atoms with Crippen LogP contribution in [0.25, 0.3) is 0 Å². The quantitative estimate of drug-likeness (QED) is 0.686. The number of benzene rings is 1. The summed E-state index contributed by atoms with van der Waals surface area (Å²) in [4.78, 5) is 0. The zero-order chi connectivity index (χ0) is 10.9. The van der Waals surface area contributed by atoms with Crippen LogP contribution in [0.3, 0.4) is 0 Å². The number of hydrogen-bond donors (Lipinski definition) is 0. The summed E-state index contributed by atoms with van der Waals surface area (Å²) in [7, 11) is 0. The molecule has 0 radical (unpaired) electrons. The van der Waals surface area contributed by atoms with E-state index in [0.717, 1.165) is 10.9 Å². The maximum absolute atomic E-state index is 5.91. The fourth-order valence-electron chi connectivity index (χ4n) is 2.20. The van der Waals surface area contributed by atoms with Crippen LogP contribution in [-0.4, -0.2) is 0 Å². The van der Waals surface area contributed by atoms with E-state index < -0.39 is 0 Å². The van der Waals surface area contributed by atoms with Crippen molar-refractivity contribution >= 4 is 11.6 Å². The number of halogens is 1. The fourth-order valence-corrected chi connectivity index (χ4v) is 2.33. The minimum absolute atomic E-state index is 0.509. The van der Waals surface area contributed by atoms with E-state index in [0.29, 0.717) is 5.41 Å². The molecule has 1 saturated carbocycles. The number of hydrogen-bond acceptors (Lipinski definition) is 0. The van der Waals surface area contributed by atoms with Crippen molar-refractivity contribution in [3.63, 3.8) is 0 Å². The van der Waals surface area contributed by atoms with Gasteiger partial charge in [-0.15, -0.1) is 0 Å². The van der Waals surface area contributed by atoms with E-state index in [1.165, 1.54) is 31.2 Å². The van der Waals surface area contributed by atoms with Crippen LogP contribution in [-0.2, 0) is 5.41 Å². The first-order valence-corrected chi connectivity index (χ1v) is 6.26. The van der Waals surface area contributed by atoms with Gasteiger partial charge in [-0.05, 0) is 48.3 Å². The molecule has 1 aromatic carbocycles. The van der Waals surface area contributed by atoms with Crippen molar-refractivity contribution in [3.8, 4) is 0 Å². The molecule has 1 aliphatic rings. The zero-order valence-electron chi connectivity index (χ0n) is 9.59. The first kappa shape index (κ1) is 11.0. The third kappa shape index (κ3) is 2.55. The summed E-state index contributed by atoms with van der Waals surface area (Å²) in [6, 6.07) is 8.45. The van der Waals surface area contributed by atoms with Crippen molar-refractivity contribution in [2.24, 2.45) is 5.92 Å². The first-order chi connectivity index (χ1) is 7.12. The lowest BCUT2D eigenvalue weighted by Crippen LogP contribution is -2.07. The Hall–Kier alpha value is -0.490. The first-order valence-electron chi connectivity index (χ1n) is 5.88. The Balaban J connectivity index is 2.06. The predicted octanol–water partition coefficient (Wildman–Crippen LogP) is 4.81. The Bertz CT molecular complexity index is 320. The van der Waals surface area contributed by atoms with Crippen LogP contribution in [0.2, 0.25) is 5.02 Å². The molecule has 1 aliphatic carbocycles. The zero-order valence-corrected chi connectivity index (χ0v) is 10.3. The Morgan fingerprint density at radius 1 is 1.20 bits per heavy atom. The van der Waals surface area contributed by atoms with Crippen molar-refractivity contribution in [3.05, 3.63) is 34.9 Å². The molecule has 82 valence electrons. The van der Waals surface area contributed by atoms with E-state index in [-0.39, 0.29) is 0 Å². The van der Waals surface area contributed by atoms with Crippen molar-refractivity contribution in [2.75, 3.05) is 0 Å². The smallest absolute Gasteiger partial charge is 0.0406 e. The Morgan fingerprint density at radius 3 is 2.27 bits per heavy atom. The molecule has 2 rings (SSSR count). The Morgan fingerprint density at radius 2 is 1.80 bits per heavy atom. The molecular formula is C14H19Cl. The lowest BCUT2D eigenvalue weighted by molar-refractivity contribution is 0.490. The van der Waals surface area contributed by atoms with Gasteiger partial charge in [-0.3, -0.25) is 0 Å². The average molecular weight is 223 g/mol. The van der Waals surface area contributed by atoms with E-state index in [2.05, 4.69) is 26.0 Å². The summed E-state index contributed by atoms with van der Waals surface area (Å²) in [5, 5.41) is 0.846. The second-order valence-electron chi connectivity index (χ2n) is 5.22. The summed E-state index contributed by atoms with van der Waals surface area (Å²) in [5.74, 6) is 0.815. The van der Waals surface area contributed by atoms with Crippen molar-refractivity contribution < 1.29 is 0 Å². The molecule has 0 aromatic heterocycles. The summed E-state index contributed by atoms with van der Waals surface area (Å²) >= 11 is 5.91. The van der Waals surface area contributed by atoms with E-state index in [4.69, 9.17) is 11.6 Å². The minimum Gasteiger partial charge on any atom is -0.0843 e. The minimum atomic E-state index is 0.509. The fraction of sp³-hybridized carbons (Fsp3) is 0.571. The molecule has 1 aromatic rings. The molecule has 0 amide bonds. The summed E-state index contributed by atoms with van der Waals surface area (Å²) in [6.07, 6.45) is 5.40. The van der Waals surface area contributed by atoms with Crippen LogP contribution < -0.4 is 0 Å². The van der Waals surface area contributed by atoms with Gasteiger partial charge >= 0.3 is 0 Å². The highest BCUT2D eigenvalue weighted by molar-refractivity contribution is 6.30. The van der Waals surface area contributed by atoms with E-state index >= 15 is 0 Å². The molecule has 0 nitrogen and oxygen atoms in total. The lowest BCUT2D eigenvalue weighted by atomic mass is 9.88. The molecule has 0 unspecified atom stereocenters. The van der Waals surface area contributed by atoms with Gasteiger partial charge in [-0.25, -0.2) is 0 Å². The highest BCUT2D eigenvalue weighted by Gasteiger charge is 2.43. The molecule has 0 N–H and O–H groups in total. The second-order valence-corrected chi connectivity index (χ2v) is 5.66. The molecule has 0 heterocycles. The van der Waals surface area contributed by atoms with Crippen LogP contribution >= 0.6 is 11.6 Å². The van der Waals surface area contributed by atoms with E-state index in [1.807, 2.05) is 12.1 Å². The predicted molar refractivity (Wildman–Crippen MR) is 66.4 cm³/mol. The molecule has 1 heteroatoms. The Kier molecular flexibility index (Phi) is 3.06. The maximum atomic E-state index is 5.91. The second kappa shape index (κ2) is 4.17. The molecule has 0 atom stereocenters. The molecule has 0 spiro atoms. The van der Waals surface area contributed by atoms with Crippen molar-refractivity contribution in [2.45, 2.75) is 44.9 Å². The maximum Gasteiger partial charge on any atom is 0.0406 e. The van der Waals surface area contributed by atoms with Gasteiger partial charge in [-0.2, -0.15) is 0 Å². The van der Waals surface area contributed by atoms with Gasteiger partial charge in [0.1, 0.15) is 0 Å². The summed E-state index contributed by atoms with van der Waals surface area (Å²) in [5.41, 5.74) is 2.00. The SMILES string of the molecule is CC(C)CCC1(c2ccc(Cl)cc2)CC1. The van der Waals surface area contributed by atoms with E-state index in [1.54, 1.807) is 0 Å². The van der Waals surface area contributed by atoms with Crippen LogP contribution in [0, 0.1) is 5.92 Å². The third-order valence-electron chi connectivity index (χ3n) is 3.51. The van der Waals surface area contributed by atoms with Gasteiger partial charge in [0.25, 0.3) is 0 Å². The van der Waals surface area contributed by atoms with Crippen LogP contribution in [0.4, 0.5) is 0 Å². The highest BCUT2D eigenvalue weighted by Crippen LogP contribution is 2.52. The largest absolute Gasteiger partial charge is 0.0843 e. The normalized spacial score (nSPS) is 18.1. The van der Waals surface area contributed by atoms with Gasteiger partial charge in [0, 0.05) is 5.02 Å². The molecule has 15 heavy (non-hydrogen) atoms. The lowest BCUT2D eigenvalue weighted by Gasteiger charge is -2.17. The molecule has 0 bridgehead atoms. The standard InChI is InChI=1S/C14H19Cl/c1-11(2)7-8-14(9-10-14)12-3-5-13(15)6-4-12/h3-6,11H,7-10H2,1-2H3. The van der Waals surface area contributed by atoms with Gasteiger partial charge in [0.2, 0.25) is 0 Å². The van der Waals surface area contributed by atoms with E-state index in [9.17, 15) is 0 Å². The molecular weight excluding hydrogens is 204 g/mol. The van der Waals surface area contributed by atoms with Crippen molar-refractivity contribution in [1.29, 1.82) is 0 Å².